The van der Waals surface area contributed by atoms with Gasteiger partial charge in [-0.1, -0.05) is 76.6 Å². The zero-order valence-corrected chi connectivity index (χ0v) is 16.0. The van der Waals surface area contributed by atoms with Crippen LogP contribution in [0.2, 0.25) is 0 Å². The van der Waals surface area contributed by atoms with E-state index in [1.807, 2.05) is 60.7 Å². The summed E-state index contributed by atoms with van der Waals surface area (Å²) in [5.74, 6) is 0. The van der Waals surface area contributed by atoms with E-state index >= 15 is 0 Å². The summed E-state index contributed by atoms with van der Waals surface area (Å²) < 4.78 is 2.97. The molecule has 132 valence electrons. The van der Waals surface area contributed by atoms with Crippen LogP contribution < -0.4 is 21.8 Å². The fourth-order valence-electron chi connectivity index (χ4n) is 2.81. The van der Waals surface area contributed by atoms with Crippen LogP contribution in [0.15, 0.2) is 70.3 Å². The molecule has 3 rings (SSSR count). The molecule has 0 fully saturated rings. The van der Waals surface area contributed by atoms with E-state index in [0.29, 0.717) is 22.6 Å². The SMILES string of the molecule is Cn1c(=O)c(=Cc2ccccc2)n(CCBr)c(=O)c1=Cc1ccccc1. The average Bonchev–Trinajstić information content (AvgIpc) is 2.68. The van der Waals surface area contributed by atoms with Gasteiger partial charge in [0, 0.05) is 18.9 Å². The van der Waals surface area contributed by atoms with Gasteiger partial charge in [0.1, 0.15) is 10.7 Å². The highest BCUT2D eigenvalue weighted by Gasteiger charge is 2.08. The van der Waals surface area contributed by atoms with Crippen LogP contribution in [0.3, 0.4) is 0 Å². The highest BCUT2D eigenvalue weighted by molar-refractivity contribution is 9.09. The molecule has 0 unspecified atom stereocenters. The lowest BCUT2D eigenvalue weighted by Crippen LogP contribution is -2.57. The fourth-order valence-corrected chi connectivity index (χ4v) is 3.16. The Bertz CT molecular complexity index is 1130. The fraction of sp³-hybridized carbons (Fsp3) is 0.143. The van der Waals surface area contributed by atoms with E-state index in [0.717, 1.165) is 11.1 Å². The smallest absolute Gasteiger partial charge is 0.275 e. The predicted molar refractivity (Wildman–Crippen MR) is 109 cm³/mol. The van der Waals surface area contributed by atoms with E-state index in [1.165, 1.54) is 4.57 Å². The molecule has 0 aliphatic heterocycles. The molecule has 0 saturated carbocycles. The molecule has 0 N–H and O–H groups in total. The Kier molecular flexibility index (Phi) is 5.68. The zero-order valence-electron chi connectivity index (χ0n) is 14.4. The maximum atomic E-state index is 13.1. The molecule has 0 saturated heterocycles. The molecule has 0 aliphatic rings. The number of aromatic nitrogens is 2. The van der Waals surface area contributed by atoms with Gasteiger partial charge in [0.2, 0.25) is 0 Å². The minimum Gasteiger partial charge on any atom is -0.305 e. The first kappa shape index (κ1) is 18.1. The summed E-state index contributed by atoms with van der Waals surface area (Å²) in [7, 11) is 1.64. The van der Waals surface area contributed by atoms with Crippen molar-refractivity contribution in [2.45, 2.75) is 6.54 Å². The minimum atomic E-state index is -0.198. The van der Waals surface area contributed by atoms with Gasteiger partial charge >= 0.3 is 0 Å². The Balaban J connectivity index is 2.36. The highest BCUT2D eigenvalue weighted by atomic mass is 79.9. The van der Waals surface area contributed by atoms with Gasteiger partial charge in [-0.05, 0) is 23.3 Å². The van der Waals surface area contributed by atoms with Gasteiger partial charge < -0.3 is 9.13 Å². The number of nitrogens with zero attached hydrogens (tertiary/aromatic N) is 2. The first-order chi connectivity index (χ1) is 12.6. The van der Waals surface area contributed by atoms with Gasteiger partial charge in [-0.25, -0.2) is 0 Å². The van der Waals surface area contributed by atoms with Crippen LogP contribution in [0.5, 0.6) is 0 Å². The van der Waals surface area contributed by atoms with E-state index in [-0.39, 0.29) is 11.1 Å². The highest BCUT2D eigenvalue weighted by Crippen LogP contribution is 1.98. The lowest BCUT2D eigenvalue weighted by Gasteiger charge is -2.08. The number of hydrogen-bond donors (Lipinski definition) is 0. The second-order valence-electron chi connectivity index (χ2n) is 5.89. The molecule has 0 spiro atoms. The molecule has 5 heteroatoms. The first-order valence-corrected chi connectivity index (χ1v) is 9.43. The van der Waals surface area contributed by atoms with Crippen LogP contribution in [0.4, 0.5) is 0 Å². The number of benzene rings is 2. The van der Waals surface area contributed by atoms with Crippen LogP contribution in [0.25, 0.3) is 12.2 Å². The Morgan fingerprint density at radius 1 is 0.808 bits per heavy atom. The summed E-state index contributed by atoms with van der Waals surface area (Å²) in [6.45, 7) is 0.420. The summed E-state index contributed by atoms with van der Waals surface area (Å²) in [6.07, 6.45) is 3.51. The molecular formula is C21H19BrN2O2. The van der Waals surface area contributed by atoms with Crippen molar-refractivity contribution in [1.29, 1.82) is 0 Å². The van der Waals surface area contributed by atoms with Gasteiger partial charge in [-0.2, -0.15) is 0 Å². The molecule has 2 aromatic carbocycles. The van der Waals surface area contributed by atoms with E-state index in [2.05, 4.69) is 15.9 Å². The lowest BCUT2D eigenvalue weighted by molar-refractivity contribution is 0.643. The average molecular weight is 411 g/mol. The van der Waals surface area contributed by atoms with Crippen molar-refractivity contribution in [2.75, 3.05) is 5.33 Å². The van der Waals surface area contributed by atoms with Crippen molar-refractivity contribution in [3.8, 4) is 0 Å². The van der Waals surface area contributed by atoms with Crippen LogP contribution >= 0.6 is 15.9 Å². The molecule has 3 aromatic rings. The third-order valence-electron chi connectivity index (χ3n) is 4.15. The molecule has 0 aliphatic carbocycles. The van der Waals surface area contributed by atoms with Crippen LogP contribution in [0.1, 0.15) is 11.1 Å². The Morgan fingerprint density at radius 2 is 1.31 bits per heavy atom. The molecule has 0 atom stereocenters. The molecule has 0 amide bonds. The quantitative estimate of drug-likeness (QED) is 0.613. The molecule has 4 nitrogen and oxygen atoms in total. The maximum absolute atomic E-state index is 13.1. The van der Waals surface area contributed by atoms with Crippen LogP contribution in [0, 0.1) is 0 Å². The van der Waals surface area contributed by atoms with Crippen molar-refractivity contribution in [1.82, 2.24) is 9.13 Å². The van der Waals surface area contributed by atoms with Crippen molar-refractivity contribution in [2.24, 2.45) is 7.05 Å². The van der Waals surface area contributed by atoms with Gasteiger partial charge in [0.25, 0.3) is 11.1 Å². The van der Waals surface area contributed by atoms with E-state index in [1.54, 1.807) is 23.8 Å². The van der Waals surface area contributed by atoms with Gasteiger partial charge in [-0.3, -0.25) is 9.59 Å². The standard InChI is InChI=1S/C21H19BrN2O2/c1-23-18(14-16-8-4-2-5-9-16)21(26)24(13-12-22)19(20(23)25)15-17-10-6-3-7-11-17/h2-11,14-15H,12-13H2,1H3. The minimum absolute atomic E-state index is 0.183. The molecular weight excluding hydrogens is 392 g/mol. The van der Waals surface area contributed by atoms with Crippen molar-refractivity contribution >= 4 is 28.1 Å². The molecule has 1 heterocycles. The topological polar surface area (TPSA) is 44.0 Å². The second kappa shape index (κ2) is 8.15. The van der Waals surface area contributed by atoms with Crippen molar-refractivity contribution < 1.29 is 0 Å². The summed E-state index contributed by atoms with van der Waals surface area (Å²) >= 11 is 3.38. The number of halogens is 1. The third kappa shape index (κ3) is 3.78. The van der Waals surface area contributed by atoms with Crippen molar-refractivity contribution in [3.63, 3.8) is 0 Å². The van der Waals surface area contributed by atoms with Gasteiger partial charge in [-0.15, -0.1) is 0 Å². The second-order valence-corrected chi connectivity index (χ2v) is 6.68. The van der Waals surface area contributed by atoms with E-state index in [4.69, 9.17) is 0 Å². The number of rotatable bonds is 4. The largest absolute Gasteiger partial charge is 0.305 e. The molecule has 0 bridgehead atoms. The summed E-state index contributed by atoms with van der Waals surface area (Å²) in [4.78, 5) is 26.0. The normalized spacial score (nSPS) is 12.5. The number of hydrogen-bond acceptors (Lipinski definition) is 2. The summed E-state index contributed by atoms with van der Waals surface area (Å²) in [5, 5.41) is 1.33. The Morgan fingerprint density at radius 3 is 1.81 bits per heavy atom. The van der Waals surface area contributed by atoms with Gasteiger partial charge in [0.15, 0.2) is 0 Å². The Labute approximate surface area is 159 Å². The van der Waals surface area contributed by atoms with E-state index in [9.17, 15) is 9.59 Å². The monoisotopic (exact) mass is 410 g/mol. The molecule has 1 aromatic heterocycles. The lowest BCUT2D eigenvalue weighted by atomic mass is 10.2. The zero-order chi connectivity index (χ0) is 18.5. The van der Waals surface area contributed by atoms with Crippen LogP contribution in [-0.2, 0) is 13.6 Å². The first-order valence-electron chi connectivity index (χ1n) is 8.31. The van der Waals surface area contributed by atoms with Gasteiger partial charge in [0.05, 0.1) is 0 Å². The number of alkyl halides is 1. The third-order valence-corrected chi connectivity index (χ3v) is 4.51. The van der Waals surface area contributed by atoms with E-state index < -0.39 is 0 Å². The molecule has 26 heavy (non-hydrogen) atoms. The Hall–Kier alpha value is -2.66. The predicted octanol–water partition coefficient (Wildman–Crippen LogP) is 1.60. The summed E-state index contributed by atoms with van der Waals surface area (Å²) in [6, 6.07) is 19.1. The summed E-state index contributed by atoms with van der Waals surface area (Å²) in [5.41, 5.74) is 1.38. The van der Waals surface area contributed by atoms with Crippen molar-refractivity contribution in [3.05, 3.63) is 103 Å². The maximum Gasteiger partial charge on any atom is 0.275 e. The van der Waals surface area contributed by atoms with Crippen LogP contribution in [-0.4, -0.2) is 14.5 Å². The molecule has 0 radical (unpaired) electrons.